The van der Waals surface area contributed by atoms with E-state index in [1.807, 2.05) is 4.90 Å². The summed E-state index contributed by atoms with van der Waals surface area (Å²) in [4.78, 5) is 13.0. The number of hydrogen-bond donors (Lipinski definition) is 0. The summed E-state index contributed by atoms with van der Waals surface area (Å²) in [6.45, 7) is 1.90. The lowest BCUT2D eigenvalue weighted by Crippen LogP contribution is -2.43. The van der Waals surface area contributed by atoms with E-state index in [4.69, 9.17) is 4.74 Å². The molecule has 0 bridgehead atoms. The fourth-order valence-corrected chi connectivity index (χ4v) is 1.88. The van der Waals surface area contributed by atoms with Crippen molar-refractivity contribution in [2.75, 3.05) is 33.4 Å². The molecular weight excluding hydrogens is 251 g/mol. The summed E-state index contributed by atoms with van der Waals surface area (Å²) in [5.41, 5.74) is 0. The Morgan fingerprint density at radius 1 is 1.50 bits per heavy atom. The third-order valence-electron chi connectivity index (χ3n) is 2.78. The van der Waals surface area contributed by atoms with Crippen LogP contribution in [0.15, 0.2) is 0 Å². The first-order chi connectivity index (χ1) is 8.40. The van der Waals surface area contributed by atoms with E-state index in [0.717, 1.165) is 0 Å². The number of hydrogen-bond acceptors (Lipinski definition) is 4. The molecule has 1 saturated heterocycles. The molecular formula is C11H18F3NO3. The molecule has 18 heavy (non-hydrogen) atoms. The number of halogens is 3. The molecule has 1 unspecified atom stereocenters. The van der Waals surface area contributed by atoms with Gasteiger partial charge in [-0.2, -0.15) is 13.2 Å². The van der Waals surface area contributed by atoms with Crippen LogP contribution in [-0.2, 0) is 14.3 Å². The van der Waals surface area contributed by atoms with Crippen molar-refractivity contribution in [1.29, 1.82) is 0 Å². The Balaban J connectivity index is 2.24. The lowest BCUT2D eigenvalue weighted by Gasteiger charge is -2.32. The Morgan fingerprint density at radius 3 is 2.83 bits per heavy atom. The predicted octanol–water partition coefficient (Wildman–Crippen LogP) is 1.59. The highest BCUT2D eigenvalue weighted by Gasteiger charge is 2.28. The van der Waals surface area contributed by atoms with Gasteiger partial charge in [-0.3, -0.25) is 9.69 Å². The first kappa shape index (κ1) is 15.2. The standard InChI is InChI=1S/C11H18F3NO3/c1-17-10(16)7-9-8-15(5-6-18-9)4-2-3-11(12,13)14/h9H,2-8H2,1H3. The summed E-state index contributed by atoms with van der Waals surface area (Å²) in [5.74, 6) is -0.364. The van der Waals surface area contributed by atoms with Gasteiger partial charge in [0.25, 0.3) is 0 Å². The first-order valence-electron chi connectivity index (χ1n) is 5.88. The Bertz CT molecular complexity index is 271. The second-order valence-corrected chi connectivity index (χ2v) is 4.29. The monoisotopic (exact) mass is 269 g/mol. The van der Waals surface area contributed by atoms with E-state index in [0.29, 0.717) is 26.2 Å². The molecule has 1 heterocycles. The molecule has 0 aromatic rings. The molecule has 1 atom stereocenters. The van der Waals surface area contributed by atoms with Crippen LogP contribution >= 0.6 is 0 Å². The van der Waals surface area contributed by atoms with E-state index in [2.05, 4.69) is 4.74 Å². The van der Waals surface area contributed by atoms with E-state index < -0.39 is 12.6 Å². The van der Waals surface area contributed by atoms with Crippen molar-refractivity contribution in [1.82, 2.24) is 4.90 Å². The molecule has 1 fully saturated rings. The van der Waals surface area contributed by atoms with E-state index in [1.165, 1.54) is 7.11 Å². The van der Waals surface area contributed by atoms with Gasteiger partial charge in [-0.05, 0) is 13.0 Å². The van der Waals surface area contributed by atoms with Crippen LogP contribution in [0.2, 0.25) is 0 Å². The highest BCUT2D eigenvalue weighted by molar-refractivity contribution is 5.69. The van der Waals surface area contributed by atoms with Crippen LogP contribution in [0.3, 0.4) is 0 Å². The van der Waals surface area contributed by atoms with Crippen LogP contribution in [0.4, 0.5) is 13.2 Å². The molecule has 4 nitrogen and oxygen atoms in total. The maximum absolute atomic E-state index is 12.0. The van der Waals surface area contributed by atoms with Gasteiger partial charge in [-0.15, -0.1) is 0 Å². The van der Waals surface area contributed by atoms with Crippen LogP contribution in [-0.4, -0.2) is 56.5 Å². The Labute approximate surface area is 104 Å². The van der Waals surface area contributed by atoms with Crippen molar-refractivity contribution in [3.05, 3.63) is 0 Å². The number of rotatable bonds is 5. The van der Waals surface area contributed by atoms with Crippen LogP contribution < -0.4 is 0 Å². The lowest BCUT2D eigenvalue weighted by molar-refractivity contribution is -0.146. The smallest absolute Gasteiger partial charge is 0.389 e. The zero-order chi connectivity index (χ0) is 13.6. The van der Waals surface area contributed by atoms with Gasteiger partial charge >= 0.3 is 12.1 Å². The zero-order valence-corrected chi connectivity index (χ0v) is 10.3. The summed E-state index contributed by atoms with van der Waals surface area (Å²) < 4.78 is 45.9. The lowest BCUT2D eigenvalue weighted by atomic mass is 10.2. The van der Waals surface area contributed by atoms with E-state index in [1.54, 1.807) is 0 Å². The van der Waals surface area contributed by atoms with E-state index in [-0.39, 0.29) is 24.9 Å². The molecule has 0 amide bonds. The van der Waals surface area contributed by atoms with Crippen molar-refractivity contribution >= 4 is 5.97 Å². The Morgan fingerprint density at radius 2 is 2.22 bits per heavy atom. The van der Waals surface area contributed by atoms with Gasteiger partial charge in [0.2, 0.25) is 0 Å². The third kappa shape index (κ3) is 6.20. The summed E-state index contributed by atoms with van der Waals surface area (Å²) in [5, 5.41) is 0. The maximum atomic E-state index is 12.0. The van der Waals surface area contributed by atoms with Gasteiger partial charge in [0.15, 0.2) is 0 Å². The summed E-state index contributed by atoms with van der Waals surface area (Å²) in [6, 6.07) is 0. The summed E-state index contributed by atoms with van der Waals surface area (Å²) >= 11 is 0. The molecule has 0 radical (unpaired) electrons. The number of alkyl halides is 3. The minimum absolute atomic E-state index is 0.0778. The molecule has 0 spiro atoms. The van der Waals surface area contributed by atoms with Gasteiger partial charge in [0.05, 0.1) is 26.2 Å². The first-order valence-corrected chi connectivity index (χ1v) is 5.88. The van der Waals surface area contributed by atoms with Crippen LogP contribution in [0.1, 0.15) is 19.3 Å². The minimum atomic E-state index is -4.10. The molecule has 106 valence electrons. The molecule has 0 aromatic carbocycles. The van der Waals surface area contributed by atoms with E-state index in [9.17, 15) is 18.0 Å². The van der Waals surface area contributed by atoms with Gasteiger partial charge in [0.1, 0.15) is 0 Å². The number of esters is 1. The quantitative estimate of drug-likeness (QED) is 0.711. The van der Waals surface area contributed by atoms with Crippen molar-refractivity contribution < 1.29 is 27.4 Å². The zero-order valence-electron chi connectivity index (χ0n) is 10.3. The van der Waals surface area contributed by atoms with Crippen molar-refractivity contribution in [2.45, 2.75) is 31.5 Å². The second kappa shape index (κ2) is 6.94. The Hall–Kier alpha value is -0.820. The molecule has 7 heteroatoms. The number of carbonyl (C=O) groups excluding carboxylic acids is 1. The molecule has 0 aromatic heterocycles. The van der Waals surface area contributed by atoms with Crippen LogP contribution in [0.5, 0.6) is 0 Å². The SMILES string of the molecule is COC(=O)CC1CN(CCCC(F)(F)F)CCO1. The largest absolute Gasteiger partial charge is 0.469 e. The summed E-state index contributed by atoms with van der Waals surface area (Å²) in [6.07, 6.45) is -4.93. The topological polar surface area (TPSA) is 38.8 Å². The molecule has 0 aliphatic carbocycles. The molecule has 1 rings (SSSR count). The van der Waals surface area contributed by atoms with Gasteiger partial charge in [-0.25, -0.2) is 0 Å². The minimum Gasteiger partial charge on any atom is -0.469 e. The Kier molecular flexibility index (Phi) is 5.87. The number of nitrogens with zero attached hydrogens (tertiary/aromatic N) is 1. The molecule has 0 N–H and O–H groups in total. The van der Waals surface area contributed by atoms with Gasteiger partial charge in [-0.1, -0.05) is 0 Å². The fourth-order valence-electron chi connectivity index (χ4n) is 1.88. The van der Waals surface area contributed by atoms with Crippen molar-refractivity contribution in [3.63, 3.8) is 0 Å². The highest BCUT2D eigenvalue weighted by Crippen LogP contribution is 2.21. The van der Waals surface area contributed by atoms with Gasteiger partial charge < -0.3 is 9.47 Å². The second-order valence-electron chi connectivity index (χ2n) is 4.29. The van der Waals surface area contributed by atoms with Crippen molar-refractivity contribution in [3.8, 4) is 0 Å². The summed E-state index contributed by atoms with van der Waals surface area (Å²) in [7, 11) is 1.30. The van der Waals surface area contributed by atoms with Crippen LogP contribution in [0.25, 0.3) is 0 Å². The third-order valence-corrected chi connectivity index (χ3v) is 2.78. The van der Waals surface area contributed by atoms with Gasteiger partial charge in [0, 0.05) is 19.5 Å². The molecule has 0 saturated carbocycles. The maximum Gasteiger partial charge on any atom is 0.389 e. The number of carbonyl (C=O) groups is 1. The number of morpholine rings is 1. The van der Waals surface area contributed by atoms with Crippen LogP contribution in [0, 0.1) is 0 Å². The number of ether oxygens (including phenoxy) is 2. The number of methoxy groups -OCH3 is 1. The average Bonchev–Trinajstić information content (AvgIpc) is 2.27. The van der Waals surface area contributed by atoms with Crippen molar-refractivity contribution in [2.24, 2.45) is 0 Å². The highest BCUT2D eigenvalue weighted by atomic mass is 19.4. The normalized spacial score (nSPS) is 21.9. The fraction of sp³-hybridized carbons (Fsp3) is 0.909. The predicted molar refractivity (Wildman–Crippen MR) is 58.1 cm³/mol. The molecule has 1 aliphatic rings. The van der Waals surface area contributed by atoms with E-state index >= 15 is 0 Å². The molecule has 1 aliphatic heterocycles. The average molecular weight is 269 g/mol.